The molecular formula is C25H26Cl3NO2. The van der Waals surface area contributed by atoms with E-state index in [4.69, 9.17) is 44.3 Å². The van der Waals surface area contributed by atoms with Gasteiger partial charge in [-0.3, -0.25) is 0 Å². The SMILES string of the molecule is COc1cc(CNC(C)CCc2ccccc2)cc(Cl)c1OCc1ccc(Cl)cc1Cl. The summed E-state index contributed by atoms with van der Waals surface area (Å²) in [7, 11) is 1.60. The van der Waals surface area contributed by atoms with Gasteiger partial charge in [0, 0.05) is 28.2 Å². The minimum Gasteiger partial charge on any atom is -0.493 e. The second-order valence-electron chi connectivity index (χ2n) is 7.44. The van der Waals surface area contributed by atoms with Crippen LogP contribution in [0.5, 0.6) is 11.5 Å². The molecule has 0 spiro atoms. The molecule has 1 atom stereocenters. The summed E-state index contributed by atoms with van der Waals surface area (Å²) in [5.74, 6) is 1.09. The Kier molecular flexibility index (Phi) is 8.91. The number of rotatable bonds is 10. The van der Waals surface area contributed by atoms with Crippen LogP contribution in [-0.2, 0) is 19.6 Å². The first kappa shape index (κ1) is 23.7. The molecule has 1 N–H and O–H groups in total. The third-order valence-corrected chi connectivity index (χ3v) is 5.91. The molecule has 31 heavy (non-hydrogen) atoms. The molecule has 0 aliphatic carbocycles. The maximum Gasteiger partial charge on any atom is 0.180 e. The first-order chi connectivity index (χ1) is 15.0. The van der Waals surface area contributed by atoms with Crippen molar-refractivity contribution < 1.29 is 9.47 Å². The molecule has 3 nitrogen and oxygen atoms in total. The fraction of sp³-hybridized carbons (Fsp3) is 0.280. The quantitative estimate of drug-likeness (QED) is 0.330. The summed E-state index contributed by atoms with van der Waals surface area (Å²) >= 11 is 18.7. The summed E-state index contributed by atoms with van der Waals surface area (Å²) in [5, 5.41) is 5.18. The van der Waals surface area contributed by atoms with Gasteiger partial charge in [0.05, 0.1) is 12.1 Å². The number of halogens is 3. The van der Waals surface area contributed by atoms with Crippen LogP contribution in [0.2, 0.25) is 15.1 Å². The Balaban J connectivity index is 1.59. The summed E-state index contributed by atoms with van der Waals surface area (Å²) in [6, 6.07) is 20.0. The van der Waals surface area contributed by atoms with Gasteiger partial charge in [0.1, 0.15) is 6.61 Å². The minimum absolute atomic E-state index is 0.264. The molecule has 0 saturated heterocycles. The predicted octanol–water partition coefficient (Wildman–Crippen LogP) is 7.35. The molecule has 6 heteroatoms. The number of hydrogen-bond acceptors (Lipinski definition) is 3. The van der Waals surface area contributed by atoms with Crippen molar-refractivity contribution in [3.05, 3.63) is 92.4 Å². The predicted molar refractivity (Wildman–Crippen MR) is 130 cm³/mol. The zero-order valence-electron chi connectivity index (χ0n) is 17.6. The maximum atomic E-state index is 6.51. The molecule has 0 bridgehead atoms. The fourth-order valence-corrected chi connectivity index (χ4v) is 3.98. The van der Waals surface area contributed by atoms with Gasteiger partial charge in [-0.15, -0.1) is 0 Å². The zero-order valence-corrected chi connectivity index (χ0v) is 19.9. The fourth-order valence-electron chi connectivity index (χ4n) is 3.23. The van der Waals surface area contributed by atoms with Crippen molar-refractivity contribution in [2.24, 2.45) is 0 Å². The summed E-state index contributed by atoms with van der Waals surface area (Å²) < 4.78 is 11.5. The van der Waals surface area contributed by atoms with Crippen LogP contribution in [0, 0.1) is 0 Å². The molecule has 0 amide bonds. The van der Waals surface area contributed by atoms with Gasteiger partial charge in [-0.25, -0.2) is 0 Å². The van der Waals surface area contributed by atoms with Crippen molar-refractivity contribution in [3.63, 3.8) is 0 Å². The van der Waals surface area contributed by atoms with Crippen molar-refractivity contribution in [3.8, 4) is 11.5 Å². The zero-order chi connectivity index (χ0) is 22.2. The van der Waals surface area contributed by atoms with E-state index in [9.17, 15) is 0 Å². The average Bonchev–Trinajstić information content (AvgIpc) is 2.77. The molecule has 0 radical (unpaired) electrons. The van der Waals surface area contributed by atoms with Gasteiger partial charge < -0.3 is 14.8 Å². The molecule has 0 heterocycles. The Bertz CT molecular complexity index is 996. The molecule has 0 aromatic heterocycles. The van der Waals surface area contributed by atoms with E-state index in [1.165, 1.54) is 5.56 Å². The number of hydrogen-bond donors (Lipinski definition) is 1. The number of methoxy groups -OCH3 is 1. The second kappa shape index (κ2) is 11.6. The first-order valence-corrected chi connectivity index (χ1v) is 11.3. The third kappa shape index (κ3) is 7.05. The Hall–Kier alpha value is -1.91. The lowest BCUT2D eigenvalue weighted by molar-refractivity contribution is 0.284. The molecule has 3 rings (SSSR count). The smallest absolute Gasteiger partial charge is 0.180 e. The Morgan fingerprint density at radius 2 is 1.68 bits per heavy atom. The maximum absolute atomic E-state index is 6.51. The monoisotopic (exact) mass is 477 g/mol. The lowest BCUT2D eigenvalue weighted by Crippen LogP contribution is -2.26. The van der Waals surface area contributed by atoms with E-state index in [0.29, 0.717) is 39.2 Å². The molecule has 3 aromatic carbocycles. The largest absolute Gasteiger partial charge is 0.493 e. The van der Waals surface area contributed by atoms with Crippen molar-refractivity contribution >= 4 is 34.8 Å². The van der Waals surface area contributed by atoms with E-state index >= 15 is 0 Å². The summed E-state index contributed by atoms with van der Waals surface area (Å²) in [5.41, 5.74) is 3.20. The van der Waals surface area contributed by atoms with Gasteiger partial charge in [0.15, 0.2) is 11.5 Å². The molecule has 1 unspecified atom stereocenters. The molecule has 0 aliphatic heterocycles. The third-order valence-electron chi connectivity index (χ3n) is 5.04. The lowest BCUT2D eigenvalue weighted by atomic mass is 10.1. The van der Waals surface area contributed by atoms with Gasteiger partial charge in [-0.05, 0) is 55.2 Å². The van der Waals surface area contributed by atoms with Gasteiger partial charge >= 0.3 is 0 Å². The topological polar surface area (TPSA) is 30.5 Å². The van der Waals surface area contributed by atoms with Crippen LogP contribution in [0.4, 0.5) is 0 Å². The average molecular weight is 479 g/mol. The van der Waals surface area contributed by atoms with E-state index in [2.05, 4.69) is 36.5 Å². The van der Waals surface area contributed by atoms with E-state index < -0.39 is 0 Å². The van der Waals surface area contributed by atoms with Crippen LogP contribution in [-0.4, -0.2) is 13.2 Å². The van der Waals surface area contributed by atoms with E-state index in [0.717, 1.165) is 24.0 Å². The number of benzene rings is 3. The van der Waals surface area contributed by atoms with Crippen LogP contribution < -0.4 is 14.8 Å². The standard InChI is InChI=1S/C25H26Cl3NO2/c1-17(8-9-18-6-4-3-5-7-18)29-15-19-12-23(28)25(24(13-19)30-2)31-16-20-10-11-21(26)14-22(20)27/h3-7,10-14,17,29H,8-9,15-16H2,1-2H3. The Morgan fingerprint density at radius 1 is 0.903 bits per heavy atom. The van der Waals surface area contributed by atoms with Crippen LogP contribution in [0.1, 0.15) is 30.0 Å². The molecule has 0 saturated carbocycles. The molecule has 0 fully saturated rings. The molecule has 164 valence electrons. The highest BCUT2D eigenvalue weighted by molar-refractivity contribution is 6.35. The highest BCUT2D eigenvalue weighted by Gasteiger charge is 2.14. The Labute approximate surface area is 199 Å². The minimum atomic E-state index is 0.264. The lowest BCUT2D eigenvalue weighted by Gasteiger charge is -2.17. The van der Waals surface area contributed by atoms with Gasteiger partial charge in [-0.2, -0.15) is 0 Å². The van der Waals surface area contributed by atoms with Gasteiger partial charge in [0.25, 0.3) is 0 Å². The van der Waals surface area contributed by atoms with Crippen LogP contribution in [0.25, 0.3) is 0 Å². The van der Waals surface area contributed by atoms with Crippen molar-refractivity contribution in [2.75, 3.05) is 7.11 Å². The number of aryl methyl sites for hydroxylation is 1. The summed E-state index contributed by atoms with van der Waals surface area (Å²) in [6.45, 7) is 3.14. The highest BCUT2D eigenvalue weighted by atomic mass is 35.5. The molecule has 3 aromatic rings. The number of ether oxygens (including phenoxy) is 2. The van der Waals surface area contributed by atoms with E-state index in [1.807, 2.05) is 24.3 Å². The molecule has 0 aliphatic rings. The normalized spacial score (nSPS) is 11.9. The van der Waals surface area contributed by atoms with Crippen LogP contribution in [0.15, 0.2) is 60.7 Å². The summed E-state index contributed by atoms with van der Waals surface area (Å²) in [4.78, 5) is 0. The van der Waals surface area contributed by atoms with E-state index in [1.54, 1.807) is 19.2 Å². The number of nitrogens with one attached hydrogen (secondary N) is 1. The van der Waals surface area contributed by atoms with E-state index in [-0.39, 0.29) is 6.61 Å². The van der Waals surface area contributed by atoms with Gasteiger partial charge in [-0.1, -0.05) is 71.2 Å². The Morgan fingerprint density at radius 3 is 2.39 bits per heavy atom. The van der Waals surface area contributed by atoms with Crippen molar-refractivity contribution in [2.45, 2.75) is 39.0 Å². The molecular weight excluding hydrogens is 453 g/mol. The van der Waals surface area contributed by atoms with Crippen molar-refractivity contribution in [1.82, 2.24) is 5.32 Å². The van der Waals surface area contributed by atoms with Crippen molar-refractivity contribution in [1.29, 1.82) is 0 Å². The first-order valence-electron chi connectivity index (χ1n) is 10.2. The highest BCUT2D eigenvalue weighted by Crippen LogP contribution is 2.37. The second-order valence-corrected chi connectivity index (χ2v) is 8.69. The van der Waals surface area contributed by atoms with Crippen LogP contribution in [0.3, 0.4) is 0 Å². The van der Waals surface area contributed by atoms with Crippen LogP contribution >= 0.6 is 34.8 Å². The van der Waals surface area contributed by atoms with Gasteiger partial charge in [0.2, 0.25) is 0 Å². The summed E-state index contributed by atoms with van der Waals surface area (Å²) in [6.07, 6.45) is 2.09.